The number of nitrogens with zero attached hydrogens (tertiary/aromatic N) is 1. The maximum atomic E-state index is 12.6. The summed E-state index contributed by atoms with van der Waals surface area (Å²) in [6, 6.07) is 18.6. The van der Waals surface area contributed by atoms with Gasteiger partial charge in [0.2, 0.25) is 11.0 Å². The monoisotopic (exact) mass is 412 g/mol. The lowest BCUT2D eigenvalue weighted by Gasteiger charge is -2.23. The fraction of sp³-hybridized carbons (Fsp3) is 0.318. The summed E-state index contributed by atoms with van der Waals surface area (Å²) in [7, 11) is 0. The summed E-state index contributed by atoms with van der Waals surface area (Å²) < 4.78 is 5.11. The first-order valence-electron chi connectivity index (χ1n) is 9.58. The van der Waals surface area contributed by atoms with Gasteiger partial charge in [-0.05, 0) is 24.0 Å². The average Bonchev–Trinajstić information content (AvgIpc) is 3.26. The SMILES string of the molecule is O=C(NCC(=O)N1CCCC1C(=O)SCc1ccccc1)OCc1ccccc1. The lowest BCUT2D eigenvalue weighted by Crippen LogP contribution is -2.45. The number of carbonyl (C=O) groups excluding carboxylic acids is 3. The van der Waals surface area contributed by atoms with Crippen LogP contribution in [0.15, 0.2) is 60.7 Å². The van der Waals surface area contributed by atoms with Gasteiger partial charge in [-0.1, -0.05) is 72.4 Å². The van der Waals surface area contributed by atoms with Crippen LogP contribution in [-0.4, -0.2) is 41.1 Å². The van der Waals surface area contributed by atoms with Crippen molar-refractivity contribution >= 4 is 28.9 Å². The molecule has 152 valence electrons. The first-order valence-corrected chi connectivity index (χ1v) is 10.6. The summed E-state index contributed by atoms with van der Waals surface area (Å²) in [4.78, 5) is 38.5. The van der Waals surface area contributed by atoms with Crippen LogP contribution in [0, 0.1) is 0 Å². The predicted molar refractivity (Wildman–Crippen MR) is 112 cm³/mol. The minimum absolute atomic E-state index is 0.00800. The Hall–Kier alpha value is -2.80. The van der Waals surface area contributed by atoms with Gasteiger partial charge in [0.25, 0.3) is 0 Å². The maximum Gasteiger partial charge on any atom is 0.407 e. The number of rotatable bonds is 7. The van der Waals surface area contributed by atoms with Crippen molar-refractivity contribution in [3.05, 3.63) is 71.8 Å². The van der Waals surface area contributed by atoms with E-state index in [1.807, 2.05) is 60.7 Å². The van der Waals surface area contributed by atoms with E-state index in [0.29, 0.717) is 18.7 Å². The van der Waals surface area contributed by atoms with Crippen LogP contribution < -0.4 is 5.32 Å². The van der Waals surface area contributed by atoms with Crippen LogP contribution in [-0.2, 0) is 26.7 Å². The molecule has 1 saturated heterocycles. The summed E-state index contributed by atoms with van der Waals surface area (Å²) in [5, 5.41) is 2.47. The molecule has 0 radical (unpaired) electrons. The Labute approximate surface area is 174 Å². The highest BCUT2D eigenvalue weighted by atomic mass is 32.2. The second-order valence-electron chi connectivity index (χ2n) is 6.75. The average molecular weight is 413 g/mol. The second kappa shape index (κ2) is 10.7. The van der Waals surface area contributed by atoms with Crippen LogP contribution in [0.5, 0.6) is 0 Å². The minimum Gasteiger partial charge on any atom is -0.445 e. The number of amides is 2. The highest BCUT2D eigenvalue weighted by Crippen LogP contribution is 2.24. The standard InChI is InChI=1S/C22H24N2O4S/c25-20(14-23-22(27)28-15-17-8-3-1-4-9-17)24-13-7-12-19(24)21(26)29-16-18-10-5-2-6-11-18/h1-6,8-11,19H,7,12-16H2,(H,23,27). The van der Waals surface area contributed by atoms with E-state index in [0.717, 1.165) is 17.5 Å². The van der Waals surface area contributed by atoms with Crippen molar-refractivity contribution in [2.24, 2.45) is 0 Å². The van der Waals surface area contributed by atoms with E-state index in [1.165, 1.54) is 11.8 Å². The molecule has 1 N–H and O–H groups in total. The van der Waals surface area contributed by atoms with Crippen molar-refractivity contribution in [1.82, 2.24) is 10.2 Å². The molecule has 29 heavy (non-hydrogen) atoms. The Morgan fingerprint density at radius 3 is 2.34 bits per heavy atom. The summed E-state index contributed by atoms with van der Waals surface area (Å²) in [6.07, 6.45) is 0.792. The van der Waals surface area contributed by atoms with E-state index >= 15 is 0 Å². The molecule has 1 heterocycles. The lowest BCUT2D eigenvalue weighted by molar-refractivity contribution is -0.134. The number of benzene rings is 2. The van der Waals surface area contributed by atoms with Gasteiger partial charge in [-0.15, -0.1) is 0 Å². The molecule has 0 bridgehead atoms. The van der Waals surface area contributed by atoms with Crippen LogP contribution in [0.4, 0.5) is 4.79 Å². The molecular weight excluding hydrogens is 388 g/mol. The molecule has 7 heteroatoms. The van der Waals surface area contributed by atoms with Crippen LogP contribution in [0.1, 0.15) is 24.0 Å². The largest absolute Gasteiger partial charge is 0.445 e. The number of alkyl carbamates (subject to hydrolysis) is 1. The van der Waals surface area contributed by atoms with Crippen molar-refractivity contribution in [2.75, 3.05) is 13.1 Å². The van der Waals surface area contributed by atoms with Crippen LogP contribution in [0.2, 0.25) is 0 Å². The van der Waals surface area contributed by atoms with Gasteiger partial charge in [0.15, 0.2) is 0 Å². The summed E-state index contributed by atoms with van der Waals surface area (Å²) in [6.45, 7) is 0.491. The minimum atomic E-state index is -0.650. The van der Waals surface area contributed by atoms with Crippen molar-refractivity contribution < 1.29 is 19.1 Å². The molecule has 0 spiro atoms. The number of hydrogen-bond acceptors (Lipinski definition) is 5. The van der Waals surface area contributed by atoms with Gasteiger partial charge in [0, 0.05) is 12.3 Å². The molecule has 0 aromatic heterocycles. The third-order valence-electron chi connectivity index (χ3n) is 4.67. The zero-order valence-corrected chi connectivity index (χ0v) is 16.9. The molecule has 1 fully saturated rings. The molecule has 0 saturated carbocycles. The Morgan fingerprint density at radius 1 is 1.00 bits per heavy atom. The molecule has 2 aromatic rings. The Morgan fingerprint density at radius 2 is 1.66 bits per heavy atom. The molecule has 2 aromatic carbocycles. The molecule has 1 atom stereocenters. The number of ether oxygens (including phenoxy) is 1. The van der Waals surface area contributed by atoms with E-state index < -0.39 is 12.1 Å². The molecule has 0 aliphatic carbocycles. The van der Waals surface area contributed by atoms with Gasteiger partial charge >= 0.3 is 6.09 Å². The summed E-state index contributed by atoms with van der Waals surface area (Å²) in [5.41, 5.74) is 1.94. The Bertz CT molecular complexity index is 829. The molecule has 1 unspecified atom stereocenters. The third-order valence-corrected chi connectivity index (χ3v) is 5.70. The highest BCUT2D eigenvalue weighted by molar-refractivity contribution is 8.13. The molecule has 1 aliphatic rings. The van der Waals surface area contributed by atoms with Crippen molar-refractivity contribution in [1.29, 1.82) is 0 Å². The van der Waals surface area contributed by atoms with Crippen molar-refractivity contribution in [3.8, 4) is 0 Å². The van der Waals surface area contributed by atoms with Crippen molar-refractivity contribution in [2.45, 2.75) is 31.2 Å². The molecule has 3 rings (SSSR count). The predicted octanol–water partition coefficient (Wildman–Crippen LogP) is 3.36. The number of hydrogen-bond donors (Lipinski definition) is 1. The van der Waals surface area contributed by atoms with Gasteiger partial charge in [-0.2, -0.15) is 0 Å². The summed E-state index contributed by atoms with van der Waals surface area (Å²) in [5.74, 6) is 0.320. The van der Waals surface area contributed by atoms with Crippen LogP contribution in [0.3, 0.4) is 0 Å². The Balaban J connectivity index is 1.43. The normalized spacial score (nSPS) is 15.7. The number of nitrogens with one attached hydrogen (secondary N) is 1. The van der Waals surface area contributed by atoms with Gasteiger partial charge in [0.05, 0.1) is 0 Å². The zero-order chi connectivity index (χ0) is 20.5. The number of thioether (sulfide) groups is 1. The third kappa shape index (κ3) is 6.35. The highest BCUT2D eigenvalue weighted by Gasteiger charge is 2.34. The molecular formula is C22H24N2O4S. The maximum absolute atomic E-state index is 12.6. The molecule has 6 nitrogen and oxygen atoms in total. The van der Waals surface area contributed by atoms with Crippen LogP contribution >= 0.6 is 11.8 Å². The molecule has 2 amide bonds. The number of likely N-dealkylation sites (tertiary alicyclic amines) is 1. The molecule has 1 aliphatic heterocycles. The van der Waals surface area contributed by atoms with E-state index in [4.69, 9.17) is 4.74 Å². The van der Waals surface area contributed by atoms with Gasteiger partial charge in [0.1, 0.15) is 19.2 Å². The van der Waals surface area contributed by atoms with E-state index in [-0.39, 0.29) is 24.2 Å². The smallest absolute Gasteiger partial charge is 0.407 e. The van der Waals surface area contributed by atoms with Gasteiger partial charge < -0.3 is 15.0 Å². The van der Waals surface area contributed by atoms with Crippen LogP contribution in [0.25, 0.3) is 0 Å². The fourth-order valence-electron chi connectivity index (χ4n) is 3.16. The van der Waals surface area contributed by atoms with Crippen molar-refractivity contribution in [3.63, 3.8) is 0 Å². The van der Waals surface area contributed by atoms with Gasteiger partial charge in [-0.25, -0.2) is 4.79 Å². The van der Waals surface area contributed by atoms with E-state index in [9.17, 15) is 14.4 Å². The fourth-order valence-corrected chi connectivity index (χ4v) is 4.10. The lowest BCUT2D eigenvalue weighted by atomic mass is 10.2. The first-order chi connectivity index (χ1) is 14.1. The second-order valence-corrected chi connectivity index (χ2v) is 7.73. The van der Waals surface area contributed by atoms with E-state index in [2.05, 4.69) is 5.32 Å². The zero-order valence-electron chi connectivity index (χ0n) is 16.1. The quantitative estimate of drug-likeness (QED) is 0.755. The topological polar surface area (TPSA) is 75.7 Å². The summed E-state index contributed by atoms with van der Waals surface area (Å²) >= 11 is 1.23. The number of carbonyl (C=O) groups is 3. The Kier molecular flexibility index (Phi) is 7.69. The van der Waals surface area contributed by atoms with Gasteiger partial charge in [-0.3, -0.25) is 9.59 Å². The first kappa shape index (κ1) is 20.9. The van der Waals surface area contributed by atoms with E-state index in [1.54, 1.807) is 4.90 Å².